The molecule has 0 amide bonds. The fourth-order valence-corrected chi connectivity index (χ4v) is 4.35. The highest BCUT2D eigenvalue weighted by atomic mass is 79.9. The number of fused-ring (bicyclic) bond motifs is 2. The molecule has 2 heterocycles. The van der Waals surface area contributed by atoms with Gasteiger partial charge in [-0.05, 0) is 58.4 Å². The number of phenolic OH excluding ortho intramolecular Hbond substituents is 1. The normalized spacial score (nSPS) is 11.6. The van der Waals surface area contributed by atoms with E-state index in [1.807, 2.05) is 12.1 Å². The van der Waals surface area contributed by atoms with Gasteiger partial charge in [0.05, 0.1) is 34.1 Å². The lowest BCUT2D eigenvalue weighted by Gasteiger charge is -2.08. The molecule has 164 valence electrons. The van der Waals surface area contributed by atoms with Gasteiger partial charge in [-0.2, -0.15) is 9.78 Å². The topological polar surface area (TPSA) is 89.9 Å². The van der Waals surface area contributed by atoms with Crippen molar-refractivity contribution >= 4 is 55.6 Å². The van der Waals surface area contributed by atoms with Crippen molar-refractivity contribution in [2.45, 2.75) is 0 Å². The standard InChI is InChI=1S/C24H15BrClN3O4/c1-32-19-7-4-8-20-16(19)11-21(33-20)23-28-18-6-3-2-5-15(18)24(31)29(23)27-12-13-9-14(26)10-17(25)22(13)30/h2-12,30H,1H3. The van der Waals surface area contributed by atoms with Gasteiger partial charge < -0.3 is 14.3 Å². The molecule has 0 unspecified atom stereocenters. The second-order valence-corrected chi connectivity index (χ2v) is 8.41. The number of para-hydroxylation sites is 1. The van der Waals surface area contributed by atoms with Crippen LogP contribution in [0.15, 0.2) is 79.4 Å². The maximum absolute atomic E-state index is 13.3. The third kappa shape index (κ3) is 3.77. The first-order chi connectivity index (χ1) is 16.0. The fourth-order valence-electron chi connectivity index (χ4n) is 3.52. The van der Waals surface area contributed by atoms with E-state index in [-0.39, 0.29) is 17.1 Å². The van der Waals surface area contributed by atoms with Crippen LogP contribution in [-0.2, 0) is 0 Å². The summed E-state index contributed by atoms with van der Waals surface area (Å²) in [6.45, 7) is 0. The van der Waals surface area contributed by atoms with Crippen molar-refractivity contribution in [1.82, 2.24) is 9.66 Å². The molecule has 0 aliphatic rings. The largest absolute Gasteiger partial charge is 0.506 e. The molecule has 0 spiro atoms. The zero-order valence-corrected chi connectivity index (χ0v) is 19.5. The van der Waals surface area contributed by atoms with Crippen LogP contribution < -0.4 is 10.3 Å². The molecule has 5 aromatic rings. The first-order valence-corrected chi connectivity index (χ1v) is 10.9. The zero-order valence-electron chi connectivity index (χ0n) is 17.1. The predicted octanol–water partition coefficient (Wildman–Crippen LogP) is 5.82. The SMILES string of the molecule is COc1cccc2oc(-c3nc4ccccc4c(=O)n3N=Cc3cc(Cl)cc(Br)c3O)cc12. The van der Waals surface area contributed by atoms with E-state index in [1.54, 1.807) is 49.6 Å². The lowest BCUT2D eigenvalue weighted by molar-refractivity contribution is 0.419. The average molecular weight is 525 g/mol. The number of hydrogen-bond acceptors (Lipinski definition) is 6. The third-order valence-electron chi connectivity index (χ3n) is 5.09. The predicted molar refractivity (Wildman–Crippen MR) is 132 cm³/mol. The Balaban J connectivity index is 1.76. The molecular weight excluding hydrogens is 510 g/mol. The Hall–Kier alpha value is -3.62. The lowest BCUT2D eigenvalue weighted by Crippen LogP contribution is -2.20. The van der Waals surface area contributed by atoms with Crippen molar-refractivity contribution in [2.24, 2.45) is 5.10 Å². The lowest BCUT2D eigenvalue weighted by atomic mass is 10.2. The number of rotatable bonds is 4. The number of aromatic hydroxyl groups is 1. The van der Waals surface area contributed by atoms with Gasteiger partial charge in [-0.15, -0.1) is 0 Å². The minimum absolute atomic E-state index is 0.0556. The molecule has 0 saturated heterocycles. The van der Waals surface area contributed by atoms with Gasteiger partial charge in [0.25, 0.3) is 5.56 Å². The molecule has 3 aromatic carbocycles. The number of hydrogen-bond donors (Lipinski definition) is 1. The first kappa shape index (κ1) is 21.2. The third-order valence-corrected chi connectivity index (χ3v) is 5.91. The van der Waals surface area contributed by atoms with E-state index < -0.39 is 0 Å². The van der Waals surface area contributed by atoms with E-state index in [1.165, 1.54) is 12.3 Å². The molecule has 0 fully saturated rings. The quantitative estimate of drug-likeness (QED) is 0.299. The minimum atomic E-state index is -0.389. The number of phenols is 1. The summed E-state index contributed by atoms with van der Waals surface area (Å²) in [6.07, 6.45) is 1.34. The summed E-state index contributed by atoms with van der Waals surface area (Å²) >= 11 is 9.35. The summed E-state index contributed by atoms with van der Waals surface area (Å²) in [4.78, 5) is 18.0. The van der Waals surface area contributed by atoms with Gasteiger partial charge in [-0.3, -0.25) is 4.79 Å². The molecule has 0 bridgehead atoms. The molecule has 0 aliphatic heterocycles. The molecule has 1 N–H and O–H groups in total. The van der Waals surface area contributed by atoms with E-state index in [4.69, 9.17) is 20.8 Å². The number of furan rings is 1. The van der Waals surface area contributed by atoms with Gasteiger partial charge in [0.15, 0.2) is 5.76 Å². The van der Waals surface area contributed by atoms with E-state index in [0.29, 0.717) is 43.1 Å². The number of nitrogens with zero attached hydrogens (tertiary/aromatic N) is 3. The molecular formula is C24H15BrClN3O4. The Morgan fingerprint density at radius 1 is 1.15 bits per heavy atom. The molecule has 0 aliphatic carbocycles. The van der Waals surface area contributed by atoms with Gasteiger partial charge in [0.1, 0.15) is 17.1 Å². The molecule has 33 heavy (non-hydrogen) atoms. The van der Waals surface area contributed by atoms with Crippen molar-refractivity contribution in [3.8, 4) is 23.1 Å². The van der Waals surface area contributed by atoms with E-state index in [0.717, 1.165) is 10.1 Å². The smallest absolute Gasteiger partial charge is 0.282 e. The van der Waals surface area contributed by atoms with Gasteiger partial charge in [0, 0.05) is 10.6 Å². The second kappa shape index (κ2) is 8.38. The van der Waals surface area contributed by atoms with Crippen LogP contribution in [0.4, 0.5) is 0 Å². The second-order valence-electron chi connectivity index (χ2n) is 7.12. The molecule has 0 radical (unpaired) electrons. The van der Waals surface area contributed by atoms with Crippen molar-refractivity contribution in [3.63, 3.8) is 0 Å². The monoisotopic (exact) mass is 523 g/mol. The number of methoxy groups -OCH3 is 1. The number of ether oxygens (including phenoxy) is 1. The van der Waals surface area contributed by atoms with Crippen molar-refractivity contribution in [3.05, 3.63) is 86.1 Å². The van der Waals surface area contributed by atoms with Crippen LogP contribution in [-0.4, -0.2) is 28.1 Å². The molecule has 0 atom stereocenters. The summed E-state index contributed by atoms with van der Waals surface area (Å²) in [5, 5.41) is 16.2. The first-order valence-electron chi connectivity index (χ1n) is 9.77. The van der Waals surface area contributed by atoms with E-state index in [2.05, 4.69) is 26.0 Å². The molecule has 7 nitrogen and oxygen atoms in total. The Morgan fingerprint density at radius 2 is 1.97 bits per heavy atom. The van der Waals surface area contributed by atoms with Crippen LogP contribution in [0.25, 0.3) is 33.5 Å². The van der Waals surface area contributed by atoms with Crippen LogP contribution >= 0.6 is 27.5 Å². The Morgan fingerprint density at radius 3 is 2.79 bits per heavy atom. The summed E-state index contributed by atoms with van der Waals surface area (Å²) in [5.74, 6) is 1.12. The Labute approximate surface area is 200 Å². The van der Waals surface area contributed by atoms with E-state index >= 15 is 0 Å². The molecule has 0 saturated carbocycles. The van der Waals surface area contributed by atoms with Crippen LogP contribution in [0.3, 0.4) is 0 Å². The summed E-state index contributed by atoms with van der Waals surface area (Å²) in [7, 11) is 1.57. The van der Waals surface area contributed by atoms with Crippen molar-refractivity contribution in [2.75, 3.05) is 7.11 Å². The zero-order chi connectivity index (χ0) is 23.1. The van der Waals surface area contributed by atoms with Crippen LogP contribution in [0, 0.1) is 0 Å². The van der Waals surface area contributed by atoms with Crippen LogP contribution in [0.2, 0.25) is 5.02 Å². The summed E-state index contributed by atoms with van der Waals surface area (Å²) in [5.41, 5.74) is 1.02. The highest BCUT2D eigenvalue weighted by Gasteiger charge is 2.18. The molecule has 9 heteroatoms. The highest BCUT2D eigenvalue weighted by Crippen LogP contribution is 2.33. The average Bonchev–Trinajstić information content (AvgIpc) is 3.25. The Kier molecular flexibility index (Phi) is 5.39. The van der Waals surface area contributed by atoms with Gasteiger partial charge in [-0.1, -0.05) is 29.8 Å². The van der Waals surface area contributed by atoms with Crippen LogP contribution in [0.1, 0.15) is 5.56 Å². The van der Waals surface area contributed by atoms with Gasteiger partial charge in [0.2, 0.25) is 5.82 Å². The van der Waals surface area contributed by atoms with Crippen molar-refractivity contribution in [1.29, 1.82) is 0 Å². The van der Waals surface area contributed by atoms with Crippen LogP contribution in [0.5, 0.6) is 11.5 Å². The number of halogens is 2. The minimum Gasteiger partial charge on any atom is -0.506 e. The Bertz CT molecular complexity index is 1620. The van der Waals surface area contributed by atoms with Crippen molar-refractivity contribution < 1.29 is 14.3 Å². The van der Waals surface area contributed by atoms with Gasteiger partial charge >= 0.3 is 0 Å². The maximum atomic E-state index is 13.3. The molecule has 2 aromatic heterocycles. The van der Waals surface area contributed by atoms with E-state index in [9.17, 15) is 9.90 Å². The summed E-state index contributed by atoms with van der Waals surface area (Å²) < 4.78 is 13.0. The number of aromatic nitrogens is 2. The maximum Gasteiger partial charge on any atom is 0.282 e. The highest BCUT2D eigenvalue weighted by molar-refractivity contribution is 9.10. The molecule has 5 rings (SSSR count). The summed E-state index contributed by atoms with van der Waals surface area (Å²) in [6, 6.07) is 17.3. The number of benzene rings is 3. The van der Waals surface area contributed by atoms with Gasteiger partial charge in [-0.25, -0.2) is 4.98 Å². The fraction of sp³-hybridized carbons (Fsp3) is 0.0417.